The number of amides is 1. The molecular formula is C24H26ClNO3S. The molecule has 6 heteroatoms. The predicted octanol–water partition coefficient (Wildman–Crippen LogP) is 6.87. The molecule has 0 unspecified atom stereocenters. The van der Waals surface area contributed by atoms with Crippen LogP contribution in [0.5, 0.6) is 5.75 Å². The number of ether oxygens (including phenoxy) is 2. The maximum absolute atomic E-state index is 13.0. The van der Waals surface area contributed by atoms with Crippen LogP contribution >= 0.6 is 22.9 Å². The van der Waals surface area contributed by atoms with Crippen molar-refractivity contribution in [1.29, 1.82) is 0 Å². The van der Waals surface area contributed by atoms with Crippen molar-refractivity contribution < 1.29 is 14.3 Å². The van der Waals surface area contributed by atoms with Gasteiger partial charge in [-0.1, -0.05) is 30.3 Å². The summed E-state index contributed by atoms with van der Waals surface area (Å²) in [5, 5.41) is 3.29. The lowest BCUT2D eigenvalue weighted by Crippen LogP contribution is -2.36. The van der Waals surface area contributed by atoms with Crippen LogP contribution in [0.4, 0.5) is 10.5 Å². The number of carbonyl (C=O) groups excluding carboxylic acids is 1. The second-order valence-electron chi connectivity index (χ2n) is 8.65. The van der Waals surface area contributed by atoms with Crippen LogP contribution in [0.15, 0.2) is 41.8 Å². The van der Waals surface area contributed by atoms with Gasteiger partial charge in [-0.2, -0.15) is 0 Å². The number of alkyl halides is 1. The fourth-order valence-corrected chi connectivity index (χ4v) is 5.15. The van der Waals surface area contributed by atoms with E-state index in [-0.39, 0.29) is 12.0 Å². The van der Waals surface area contributed by atoms with Crippen LogP contribution in [0, 0.1) is 6.92 Å². The quantitative estimate of drug-likeness (QED) is 0.413. The lowest BCUT2D eigenvalue weighted by Gasteiger charge is -2.25. The molecule has 1 atom stereocenters. The molecule has 2 heterocycles. The van der Waals surface area contributed by atoms with E-state index in [9.17, 15) is 4.79 Å². The van der Waals surface area contributed by atoms with Crippen molar-refractivity contribution in [2.45, 2.75) is 45.8 Å². The molecular weight excluding hydrogens is 418 g/mol. The summed E-state index contributed by atoms with van der Waals surface area (Å²) in [6.45, 7) is 8.71. The molecule has 1 aromatic heterocycles. The average Bonchev–Trinajstić information content (AvgIpc) is 3.26. The average molecular weight is 444 g/mol. The van der Waals surface area contributed by atoms with E-state index in [4.69, 9.17) is 21.1 Å². The number of hydrogen-bond acceptors (Lipinski definition) is 4. The molecule has 1 aliphatic heterocycles. The summed E-state index contributed by atoms with van der Waals surface area (Å²) < 4.78 is 13.0. The van der Waals surface area contributed by atoms with Gasteiger partial charge in [-0.05, 0) is 49.8 Å². The minimum Gasteiger partial charge on any atom is -0.487 e. The SMILES string of the molecule is Cc1csc2c(OCc3ccccc3)cc3c(c12)[C@@H](CCl)CN3C(=O)OC(C)(C)C. The first kappa shape index (κ1) is 21.0. The van der Waals surface area contributed by atoms with Gasteiger partial charge in [0.05, 0.1) is 10.4 Å². The van der Waals surface area contributed by atoms with Gasteiger partial charge in [-0.25, -0.2) is 4.79 Å². The van der Waals surface area contributed by atoms with E-state index >= 15 is 0 Å². The number of thiophene rings is 1. The Morgan fingerprint density at radius 3 is 2.67 bits per heavy atom. The highest BCUT2D eigenvalue weighted by Gasteiger charge is 2.37. The van der Waals surface area contributed by atoms with Gasteiger partial charge in [0, 0.05) is 29.8 Å². The summed E-state index contributed by atoms with van der Waals surface area (Å²) in [6.07, 6.45) is -0.349. The number of carbonyl (C=O) groups is 1. The largest absolute Gasteiger partial charge is 0.487 e. The first-order valence-electron chi connectivity index (χ1n) is 10.1. The summed E-state index contributed by atoms with van der Waals surface area (Å²) in [6, 6.07) is 12.1. The maximum atomic E-state index is 13.0. The third-order valence-corrected chi connectivity index (χ3v) is 6.64. The molecule has 4 nitrogen and oxygen atoms in total. The number of fused-ring (bicyclic) bond motifs is 3. The lowest BCUT2D eigenvalue weighted by atomic mass is 9.97. The van der Waals surface area contributed by atoms with E-state index in [1.165, 1.54) is 5.56 Å². The molecule has 3 aromatic rings. The number of benzene rings is 2. The normalized spacial score (nSPS) is 16.0. The zero-order chi connectivity index (χ0) is 21.5. The summed E-state index contributed by atoms with van der Waals surface area (Å²) in [5.41, 5.74) is 3.67. The van der Waals surface area contributed by atoms with E-state index in [1.54, 1.807) is 16.2 Å². The van der Waals surface area contributed by atoms with E-state index in [1.807, 2.05) is 57.2 Å². The van der Waals surface area contributed by atoms with Crippen LogP contribution < -0.4 is 9.64 Å². The summed E-state index contributed by atoms with van der Waals surface area (Å²) >= 11 is 8.00. The Bertz CT molecular complexity index is 1070. The van der Waals surface area contributed by atoms with Crippen molar-refractivity contribution in [3.63, 3.8) is 0 Å². The fraction of sp³-hybridized carbons (Fsp3) is 0.375. The molecule has 0 N–H and O–H groups in total. The Morgan fingerprint density at radius 1 is 1.27 bits per heavy atom. The second-order valence-corrected chi connectivity index (χ2v) is 9.84. The number of rotatable bonds is 4. The number of halogens is 1. The highest BCUT2D eigenvalue weighted by atomic mass is 35.5. The summed E-state index contributed by atoms with van der Waals surface area (Å²) in [7, 11) is 0. The van der Waals surface area contributed by atoms with Crippen LogP contribution in [0.2, 0.25) is 0 Å². The Balaban J connectivity index is 1.78. The highest BCUT2D eigenvalue weighted by Crippen LogP contribution is 2.49. The molecule has 0 saturated carbocycles. The third-order valence-electron chi connectivity index (χ3n) is 5.15. The Labute approximate surface area is 186 Å². The molecule has 0 fully saturated rings. The van der Waals surface area contributed by atoms with Gasteiger partial charge in [0.25, 0.3) is 0 Å². The minimum atomic E-state index is -0.564. The van der Waals surface area contributed by atoms with Crippen molar-refractivity contribution in [2.75, 3.05) is 17.3 Å². The molecule has 0 radical (unpaired) electrons. The predicted molar refractivity (Wildman–Crippen MR) is 124 cm³/mol. The molecule has 0 aliphatic carbocycles. The molecule has 1 amide bonds. The van der Waals surface area contributed by atoms with Gasteiger partial charge in [0.15, 0.2) is 0 Å². The van der Waals surface area contributed by atoms with Crippen LogP contribution in [-0.4, -0.2) is 24.1 Å². The Morgan fingerprint density at radius 2 is 2.00 bits per heavy atom. The van der Waals surface area contributed by atoms with Gasteiger partial charge in [-0.3, -0.25) is 4.90 Å². The fourth-order valence-electron chi connectivity index (χ4n) is 3.86. The summed E-state index contributed by atoms with van der Waals surface area (Å²) in [5.74, 6) is 1.30. The van der Waals surface area contributed by atoms with Gasteiger partial charge in [-0.15, -0.1) is 22.9 Å². The lowest BCUT2D eigenvalue weighted by molar-refractivity contribution is 0.0582. The molecule has 30 heavy (non-hydrogen) atoms. The number of hydrogen-bond donors (Lipinski definition) is 0. The number of anilines is 1. The second kappa shape index (κ2) is 8.12. The van der Waals surface area contributed by atoms with E-state index in [0.717, 1.165) is 32.6 Å². The maximum Gasteiger partial charge on any atom is 0.414 e. The number of nitrogens with zero attached hydrogens (tertiary/aromatic N) is 1. The Kier molecular flexibility index (Phi) is 5.69. The molecule has 1 aliphatic rings. The Hall–Kier alpha value is -2.24. The first-order chi connectivity index (χ1) is 14.3. The topological polar surface area (TPSA) is 38.8 Å². The standard InChI is InChI=1S/C24H26ClNO3S/c1-15-14-30-22-19(28-13-16-8-6-5-7-9-16)10-18-21(20(15)22)17(11-25)12-26(18)23(27)29-24(2,3)4/h5-10,14,17H,11-13H2,1-4H3/t17-/m0/s1. The van der Waals surface area contributed by atoms with Crippen molar-refractivity contribution in [3.05, 3.63) is 58.5 Å². The van der Waals surface area contributed by atoms with E-state index < -0.39 is 5.60 Å². The molecule has 2 aromatic carbocycles. The van der Waals surface area contributed by atoms with Crippen molar-refractivity contribution in [2.24, 2.45) is 0 Å². The first-order valence-corrected chi connectivity index (χ1v) is 11.5. The molecule has 0 bridgehead atoms. The molecule has 4 rings (SSSR count). The zero-order valence-electron chi connectivity index (χ0n) is 17.7. The summed E-state index contributed by atoms with van der Waals surface area (Å²) in [4.78, 5) is 14.7. The van der Waals surface area contributed by atoms with E-state index in [0.29, 0.717) is 19.0 Å². The van der Waals surface area contributed by atoms with Crippen LogP contribution in [-0.2, 0) is 11.3 Å². The molecule has 0 spiro atoms. The van der Waals surface area contributed by atoms with Crippen molar-refractivity contribution >= 4 is 44.8 Å². The van der Waals surface area contributed by atoms with Crippen LogP contribution in [0.25, 0.3) is 10.1 Å². The van der Waals surface area contributed by atoms with Crippen LogP contribution in [0.1, 0.15) is 43.4 Å². The third kappa shape index (κ3) is 4.01. The van der Waals surface area contributed by atoms with Crippen molar-refractivity contribution in [3.8, 4) is 5.75 Å². The van der Waals surface area contributed by atoms with Gasteiger partial charge in [0.2, 0.25) is 0 Å². The van der Waals surface area contributed by atoms with Gasteiger partial charge < -0.3 is 9.47 Å². The van der Waals surface area contributed by atoms with Crippen molar-refractivity contribution in [1.82, 2.24) is 0 Å². The van der Waals surface area contributed by atoms with Crippen LogP contribution in [0.3, 0.4) is 0 Å². The number of aryl methyl sites for hydroxylation is 1. The smallest absolute Gasteiger partial charge is 0.414 e. The zero-order valence-corrected chi connectivity index (χ0v) is 19.3. The van der Waals surface area contributed by atoms with Gasteiger partial charge >= 0.3 is 6.09 Å². The van der Waals surface area contributed by atoms with E-state index in [2.05, 4.69) is 12.3 Å². The minimum absolute atomic E-state index is 0.0631. The monoisotopic (exact) mass is 443 g/mol. The van der Waals surface area contributed by atoms with Gasteiger partial charge in [0.1, 0.15) is 18.0 Å². The highest BCUT2D eigenvalue weighted by molar-refractivity contribution is 7.17. The molecule has 158 valence electrons. The molecule has 0 saturated heterocycles.